The topological polar surface area (TPSA) is 90.5 Å². The molecule has 0 radical (unpaired) electrons. The Bertz CT molecular complexity index is 632. The fourth-order valence-corrected chi connectivity index (χ4v) is 4.06. The summed E-state index contributed by atoms with van der Waals surface area (Å²) >= 11 is 0. The molecule has 1 aromatic heterocycles. The van der Waals surface area contributed by atoms with Crippen molar-refractivity contribution >= 4 is 17.6 Å². The van der Waals surface area contributed by atoms with Gasteiger partial charge in [-0.1, -0.05) is 0 Å². The predicted octanol–water partition coefficient (Wildman–Crippen LogP) is 0.551. The molecule has 0 bridgehead atoms. The summed E-state index contributed by atoms with van der Waals surface area (Å²) in [5.74, 6) is 1.03. The lowest BCUT2D eigenvalue weighted by molar-refractivity contribution is -0.123. The third-order valence-corrected chi connectivity index (χ3v) is 5.73. The summed E-state index contributed by atoms with van der Waals surface area (Å²) in [5.41, 5.74) is 0. The summed E-state index contributed by atoms with van der Waals surface area (Å²) in [7, 11) is 2.05. The number of carbonyl (C=O) groups excluding carboxylic acids is 2. The fraction of sp³-hybridized carbons (Fsp3) is 0.684. The molecule has 27 heavy (non-hydrogen) atoms. The van der Waals surface area contributed by atoms with E-state index < -0.39 is 0 Å². The molecular weight excluding hydrogens is 344 g/mol. The summed E-state index contributed by atoms with van der Waals surface area (Å²) in [6.45, 7) is 3.96. The van der Waals surface area contributed by atoms with Gasteiger partial charge in [0.1, 0.15) is 0 Å². The second kappa shape index (κ2) is 9.12. The number of rotatable bonds is 6. The Kier molecular flexibility index (Phi) is 6.60. The second-order valence-electron chi connectivity index (χ2n) is 7.60. The molecule has 0 aromatic carbocycles. The number of carbonyl (C=O) groups is 2. The van der Waals surface area contributed by atoms with Crippen LogP contribution in [0.3, 0.4) is 0 Å². The normalized spacial score (nSPS) is 24.0. The molecule has 3 rings (SSSR count). The molecule has 2 amide bonds. The summed E-state index contributed by atoms with van der Waals surface area (Å²) in [5, 5.41) is 14.2. The van der Waals surface area contributed by atoms with Gasteiger partial charge in [-0.2, -0.15) is 5.10 Å². The van der Waals surface area contributed by atoms with Crippen molar-refractivity contribution in [2.45, 2.75) is 57.2 Å². The molecule has 2 atom stereocenters. The molecule has 2 N–H and O–H groups in total. The molecule has 8 heteroatoms. The van der Waals surface area contributed by atoms with Crippen molar-refractivity contribution < 1.29 is 9.59 Å². The maximum atomic E-state index is 12.5. The highest BCUT2D eigenvalue weighted by molar-refractivity contribution is 5.77. The number of likely N-dealkylation sites (tertiary alicyclic amines) is 1. The van der Waals surface area contributed by atoms with Gasteiger partial charge < -0.3 is 15.5 Å². The monoisotopic (exact) mass is 374 g/mol. The van der Waals surface area contributed by atoms with E-state index in [1.165, 1.54) is 6.92 Å². The molecule has 2 saturated heterocycles. The van der Waals surface area contributed by atoms with Crippen LogP contribution in [-0.2, 0) is 9.59 Å². The lowest BCUT2D eigenvalue weighted by atomic mass is 10.0. The van der Waals surface area contributed by atoms with Crippen molar-refractivity contribution in [2.75, 3.05) is 31.6 Å². The van der Waals surface area contributed by atoms with Gasteiger partial charge in [-0.25, -0.2) is 0 Å². The minimum atomic E-state index is -0.00239. The van der Waals surface area contributed by atoms with Gasteiger partial charge in [0.05, 0.1) is 0 Å². The third-order valence-electron chi connectivity index (χ3n) is 5.73. The molecular formula is C19H30N6O2. The van der Waals surface area contributed by atoms with Crippen molar-refractivity contribution in [1.82, 2.24) is 25.7 Å². The maximum Gasteiger partial charge on any atom is 0.221 e. The van der Waals surface area contributed by atoms with Crippen LogP contribution in [0.5, 0.6) is 0 Å². The SMILES string of the molecule is CC(=O)NC[C@H]1CC[C@@H](CC(=O)NC2CCN(c3cccnn3)CC2)N1C. The van der Waals surface area contributed by atoms with Gasteiger partial charge in [-0.15, -0.1) is 5.10 Å². The molecule has 3 heterocycles. The van der Waals surface area contributed by atoms with Gasteiger partial charge >= 0.3 is 0 Å². The van der Waals surface area contributed by atoms with Gasteiger partial charge in [-0.3, -0.25) is 14.5 Å². The molecule has 0 aliphatic carbocycles. The highest BCUT2D eigenvalue weighted by Crippen LogP contribution is 2.24. The van der Waals surface area contributed by atoms with Gasteiger partial charge in [-0.05, 0) is 44.9 Å². The molecule has 0 saturated carbocycles. The Hall–Kier alpha value is -2.22. The van der Waals surface area contributed by atoms with Crippen molar-refractivity contribution in [1.29, 1.82) is 0 Å². The van der Waals surface area contributed by atoms with Crippen LogP contribution >= 0.6 is 0 Å². The lowest BCUT2D eigenvalue weighted by Gasteiger charge is -2.33. The van der Waals surface area contributed by atoms with E-state index in [0.717, 1.165) is 44.6 Å². The first kappa shape index (κ1) is 19.5. The first-order valence-electron chi connectivity index (χ1n) is 9.81. The summed E-state index contributed by atoms with van der Waals surface area (Å²) in [4.78, 5) is 28.0. The van der Waals surface area contributed by atoms with Crippen LogP contribution in [0.15, 0.2) is 18.3 Å². The van der Waals surface area contributed by atoms with Crippen LogP contribution < -0.4 is 15.5 Å². The van der Waals surface area contributed by atoms with E-state index in [1.54, 1.807) is 6.20 Å². The Labute approximate surface area is 160 Å². The summed E-state index contributed by atoms with van der Waals surface area (Å²) in [6.07, 6.45) is 6.07. The molecule has 1 aromatic rings. The first-order valence-corrected chi connectivity index (χ1v) is 9.81. The zero-order chi connectivity index (χ0) is 19.2. The van der Waals surface area contributed by atoms with Crippen LogP contribution in [0.4, 0.5) is 5.82 Å². The van der Waals surface area contributed by atoms with Crippen molar-refractivity contribution in [2.24, 2.45) is 0 Å². The Morgan fingerprint density at radius 1 is 1.19 bits per heavy atom. The third kappa shape index (κ3) is 5.38. The quantitative estimate of drug-likeness (QED) is 0.756. The van der Waals surface area contributed by atoms with Crippen LogP contribution in [0.25, 0.3) is 0 Å². The summed E-state index contributed by atoms with van der Waals surface area (Å²) < 4.78 is 0. The number of nitrogens with one attached hydrogen (secondary N) is 2. The number of amides is 2. The van der Waals surface area contributed by atoms with Gasteiger partial charge in [0.2, 0.25) is 11.8 Å². The van der Waals surface area contributed by atoms with Crippen LogP contribution in [0.2, 0.25) is 0 Å². The number of hydrogen-bond donors (Lipinski definition) is 2. The van der Waals surface area contributed by atoms with Crippen molar-refractivity contribution in [3.63, 3.8) is 0 Å². The highest BCUT2D eigenvalue weighted by atomic mass is 16.2. The van der Waals surface area contributed by atoms with E-state index in [0.29, 0.717) is 19.0 Å². The largest absolute Gasteiger partial charge is 0.355 e. The molecule has 2 aliphatic rings. The predicted molar refractivity (Wildman–Crippen MR) is 103 cm³/mol. The van der Waals surface area contributed by atoms with Crippen LogP contribution in [0.1, 0.15) is 39.0 Å². The number of aromatic nitrogens is 2. The van der Waals surface area contributed by atoms with Crippen molar-refractivity contribution in [3.05, 3.63) is 18.3 Å². The standard InChI is InChI=1S/C19H30N6O2/c1-14(26)20-13-17-6-5-16(24(17)2)12-19(27)22-15-7-10-25(11-8-15)18-4-3-9-21-23-18/h3-4,9,15-17H,5-8,10-13H2,1-2H3,(H,20,26)(H,22,27)/t16-,17+/m0/s1. The fourth-order valence-electron chi connectivity index (χ4n) is 4.06. The van der Waals surface area contributed by atoms with Gasteiger partial charge in [0.15, 0.2) is 5.82 Å². The van der Waals surface area contributed by atoms with E-state index in [9.17, 15) is 9.59 Å². The van der Waals surface area contributed by atoms with E-state index >= 15 is 0 Å². The Morgan fingerprint density at radius 3 is 2.59 bits per heavy atom. The average molecular weight is 374 g/mol. The number of piperidine rings is 1. The zero-order valence-corrected chi connectivity index (χ0v) is 16.2. The smallest absolute Gasteiger partial charge is 0.221 e. The molecule has 8 nitrogen and oxygen atoms in total. The van der Waals surface area contributed by atoms with E-state index in [1.807, 2.05) is 12.1 Å². The van der Waals surface area contributed by atoms with E-state index in [4.69, 9.17) is 0 Å². The number of nitrogens with zero attached hydrogens (tertiary/aromatic N) is 4. The van der Waals surface area contributed by atoms with E-state index in [2.05, 4.69) is 37.7 Å². The first-order chi connectivity index (χ1) is 13.0. The van der Waals surface area contributed by atoms with Crippen molar-refractivity contribution in [3.8, 4) is 0 Å². The maximum absolute atomic E-state index is 12.5. The number of hydrogen-bond acceptors (Lipinski definition) is 6. The van der Waals surface area contributed by atoms with Gasteiger partial charge in [0.25, 0.3) is 0 Å². The number of anilines is 1. The second-order valence-corrected chi connectivity index (χ2v) is 7.60. The van der Waals surface area contributed by atoms with Crippen LogP contribution in [-0.4, -0.2) is 71.7 Å². The Balaban J connectivity index is 1.39. The average Bonchev–Trinajstić information content (AvgIpc) is 3.01. The van der Waals surface area contributed by atoms with Gasteiger partial charge in [0, 0.05) is 57.3 Å². The minimum absolute atomic E-state index is 0.00239. The van der Waals surface area contributed by atoms with E-state index in [-0.39, 0.29) is 23.9 Å². The summed E-state index contributed by atoms with van der Waals surface area (Å²) in [6, 6.07) is 4.67. The molecule has 148 valence electrons. The minimum Gasteiger partial charge on any atom is -0.355 e. The highest BCUT2D eigenvalue weighted by Gasteiger charge is 2.32. The molecule has 2 aliphatic heterocycles. The zero-order valence-electron chi connectivity index (χ0n) is 16.2. The lowest BCUT2D eigenvalue weighted by Crippen LogP contribution is -2.47. The molecule has 0 spiro atoms. The Morgan fingerprint density at radius 2 is 1.93 bits per heavy atom. The van der Waals surface area contributed by atoms with Crippen LogP contribution in [0, 0.1) is 0 Å². The number of likely N-dealkylation sites (N-methyl/N-ethyl adjacent to an activating group) is 1. The molecule has 0 unspecified atom stereocenters. The molecule has 2 fully saturated rings.